The minimum atomic E-state index is -0.207. The molecule has 3 atom stereocenters. The first-order valence-electron chi connectivity index (χ1n) is 7.27. The average Bonchev–Trinajstić information content (AvgIpc) is 2.92. The van der Waals surface area contributed by atoms with Gasteiger partial charge < -0.3 is 5.32 Å². The largest absolute Gasteiger partial charge is 0.328 e. The van der Waals surface area contributed by atoms with Gasteiger partial charge in [0.2, 0.25) is 5.91 Å². The molecule has 3 heterocycles. The van der Waals surface area contributed by atoms with Crippen LogP contribution in [0.25, 0.3) is 0 Å². The van der Waals surface area contributed by atoms with E-state index in [1.165, 1.54) is 25.7 Å². The van der Waals surface area contributed by atoms with Crippen molar-refractivity contribution in [3.05, 3.63) is 23.9 Å². The van der Waals surface area contributed by atoms with Gasteiger partial charge in [-0.1, -0.05) is 18.6 Å². The van der Waals surface area contributed by atoms with Gasteiger partial charge in [0.25, 0.3) is 0 Å². The van der Waals surface area contributed by atoms with E-state index in [2.05, 4.69) is 28.4 Å². The van der Waals surface area contributed by atoms with Crippen molar-refractivity contribution in [2.45, 2.75) is 50.1 Å². The lowest BCUT2D eigenvalue weighted by Crippen LogP contribution is -2.56. The second-order valence-electron chi connectivity index (χ2n) is 6.10. The zero-order valence-corrected chi connectivity index (χ0v) is 10.7. The van der Waals surface area contributed by atoms with Gasteiger partial charge in [-0.15, -0.1) is 0 Å². The van der Waals surface area contributed by atoms with Crippen LogP contribution < -0.4 is 5.32 Å². The number of carbonyl (C=O) groups is 1. The Labute approximate surface area is 108 Å². The fraction of sp³-hybridized carbons (Fsp3) is 0.667. The number of rotatable bonds is 0. The number of carbonyl (C=O) groups excluding carboxylic acids is 1. The summed E-state index contributed by atoms with van der Waals surface area (Å²) in [5.41, 5.74) is 0.954. The molecule has 0 aromatic carbocycles. The van der Waals surface area contributed by atoms with Crippen molar-refractivity contribution in [3.63, 3.8) is 0 Å². The van der Waals surface area contributed by atoms with E-state index in [1.807, 2.05) is 0 Å². The predicted octanol–water partition coefficient (Wildman–Crippen LogP) is 1.96. The molecule has 0 aromatic rings. The Balaban J connectivity index is 1.76. The fourth-order valence-electron chi connectivity index (χ4n) is 4.58. The topological polar surface area (TPSA) is 32.3 Å². The number of fused-ring (bicyclic) bond motifs is 4. The molecule has 0 bridgehead atoms. The molecular weight excluding hydrogens is 224 g/mol. The van der Waals surface area contributed by atoms with Crippen molar-refractivity contribution >= 4 is 5.91 Å². The van der Waals surface area contributed by atoms with Gasteiger partial charge in [-0.2, -0.15) is 0 Å². The van der Waals surface area contributed by atoms with Crippen LogP contribution >= 0.6 is 0 Å². The molecular formula is C15H20N2O. The molecule has 18 heavy (non-hydrogen) atoms. The first kappa shape index (κ1) is 10.8. The average molecular weight is 244 g/mol. The number of nitrogens with one attached hydrogen (secondary N) is 1. The molecule has 3 nitrogen and oxygen atoms in total. The lowest BCUT2D eigenvalue weighted by molar-refractivity contribution is -0.131. The lowest BCUT2D eigenvalue weighted by atomic mass is 9.78. The van der Waals surface area contributed by atoms with E-state index in [-0.39, 0.29) is 11.4 Å². The third kappa shape index (κ3) is 1.21. The highest BCUT2D eigenvalue weighted by molar-refractivity contribution is 5.92. The van der Waals surface area contributed by atoms with Gasteiger partial charge in [0.1, 0.15) is 5.54 Å². The molecule has 3 saturated heterocycles. The van der Waals surface area contributed by atoms with Gasteiger partial charge in [0.15, 0.2) is 0 Å². The number of hydrogen-bond donors (Lipinski definition) is 1. The Hall–Kier alpha value is -1.09. The predicted molar refractivity (Wildman–Crippen MR) is 69.8 cm³/mol. The summed E-state index contributed by atoms with van der Waals surface area (Å²) in [6.45, 7) is 1.12. The second-order valence-corrected chi connectivity index (χ2v) is 6.10. The molecule has 0 saturated carbocycles. The number of allylic oxidation sites excluding steroid dienone is 3. The number of nitrogens with zero attached hydrogens (tertiary/aromatic N) is 1. The summed E-state index contributed by atoms with van der Waals surface area (Å²) >= 11 is 0. The maximum atomic E-state index is 12.6. The SMILES string of the molecule is O=C1NC2=CC=CCC2C12CCC1CCCCN12. The van der Waals surface area contributed by atoms with E-state index in [4.69, 9.17) is 0 Å². The van der Waals surface area contributed by atoms with Crippen molar-refractivity contribution in [2.24, 2.45) is 5.92 Å². The standard InChI is InChI=1S/C15H20N2O/c18-14-15(12-6-1-2-7-13(12)16-14)9-8-11-5-3-4-10-17(11)15/h1-2,7,11-12H,3-6,8-10H2,(H,16,18). The van der Waals surface area contributed by atoms with Crippen molar-refractivity contribution in [2.75, 3.05) is 6.54 Å². The molecule has 0 radical (unpaired) electrons. The van der Waals surface area contributed by atoms with Crippen molar-refractivity contribution in [1.82, 2.24) is 10.2 Å². The highest BCUT2D eigenvalue weighted by Crippen LogP contribution is 2.50. The van der Waals surface area contributed by atoms with E-state index < -0.39 is 0 Å². The first-order valence-corrected chi connectivity index (χ1v) is 7.27. The molecule has 3 aliphatic heterocycles. The molecule has 0 aromatic heterocycles. The van der Waals surface area contributed by atoms with Gasteiger partial charge in [-0.25, -0.2) is 0 Å². The molecule has 3 heteroatoms. The number of piperidine rings is 1. The molecule has 96 valence electrons. The van der Waals surface area contributed by atoms with E-state index in [0.717, 1.165) is 25.1 Å². The van der Waals surface area contributed by atoms with Crippen LogP contribution in [0.1, 0.15) is 38.5 Å². The van der Waals surface area contributed by atoms with E-state index in [9.17, 15) is 4.79 Å². The van der Waals surface area contributed by atoms with E-state index >= 15 is 0 Å². The van der Waals surface area contributed by atoms with Crippen LogP contribution in [0.4, 0.5) is 0 Å². The monoisotopic (exact) mass is 244 g/mol. The Morgan fingerprint density at radius 3 is 3.22 bits per heavy atom. The molecule has 4 rings (SSSR count). The quantitative estimate of drug-likeness (QED) is 0.706. The van der Waals surface area contributed by atoms with Crippen LogP contribution in [0.5, 0.6) is 0 Å². The summed E-state index contributed by atoms with van der Waals surface area (Å²) in [6, 6.07) is 0.662. The Morgan fingerprint density at radius 1 is 1.33 bits per heavy atom. The zero-order valence-electron chi connectivity index (χ0n) is 10.7. The molecule has 1 amide bonds. The third-order valence-corrected chi connectivity index (χ3v) is 5.38. The summed E-state index contributed by atoms with van der Waals surface area (Å²) in [5.74, 6) is 0.657. The van der Waals surface area contributed by atoms with Gasteiger partial charge >= 0.3 is 0 Å². The van der Waals surface area contributed by atoms with Gasteiger partial charge in [-0.05, 0) is 44.7 Å². The van der Waals surface area contributed by atoms with E-state index in [0.29, 0.717) is 12.0 Å². The molecule has 4 aliphatic rings. The molecule has 1 spiro atoms. The summed E-state index contributed by atoms with van der Waals surface area (Å²) in [6.07, 6.45) is 13.6. The third-order valence-electron chi connectivity index (χ3n) is 5.38. The van der Waals surface area contributed by atoms with Crippen LogP contribution in [0, 0.1) is 5.92 Å². The number of hydrogen-bond acceptors (Lipinski definition) is 2. The molecule has 1 aliphatic carbocycles. The highest BCUT2D eigenvalue weighted by Gasteiger charge is 2.60. The molecule has 3 unspecified atom stereocenters. The molecule has 3 fully saturated rings. The minimum Gasteiger partial charge on any atom is -0.328 e. The summed E-state index contributed by atoms with van der Waals surface area (Å²) in [7, 11) is 0. The minimum absolute atomic E-state index is 0.207. The zero-order chi connectivity index (χ0) is 12.2. The van der Waals surface area contributed by atoms with Gasteiger partial charge in [0, 0.05) is 17.7 Å². The maximum absolute atomic E-state index is 12.6. The van der Waals surface area contributed by atoms with Gasteiger partial charge in [-0.3, -0.25) is 9.69 Å². The smallest absolute Gasteiger partial charge is 0.245 e. The van der Waals surface area contributed by atoms with Crippen LogP contribution in [-0.2, 0) is 4.79 Å². The van der Waals surface area contributed by atoms with Gasteiger partial charge in [0.05, 0.1) is 0 Å². The van der Waals surface area contributed by atoms with Crippen LogP contribution in [0.2, 0.25) is 0 Å². The number of amides is 1. The van der Waals surface area contributed by atoms with Crippen LogP contribution in [0.3, 0.4) is 0 Å². The summed E-state index contributed by atoms with van der Waals surface area (Å²) < 4.78 is 0. The second kappa shape index (κ2) is 3.70. The van der Waals surface area contributed by atoms with Crippen molar-refractivity contribution in [3.8, 4) is 0 Å². The van der Waals surface area contributed by atoms with Crippen molar-refractivity contribution in [1.29, 1.82) is 0 Å². The summed E-state index contributed by atoms with van der Waals surface area (Å²) in [4.78, 5) is 15.2. The Bertz CT molecular complexity index is 453. The normalized spacial score (nSPS) is 42.7. The summed E-state index contributed by atoms with van der Waals surface area (Å²) in [5, 5.41) is 3.15. The Kier molecular flexibility index (Phi) is 2.22. The lowest BCUT2D eigenvalue weighted by Gasteiger charge is -2.42. The van der Waals surface area contributed by atoms with E-state index in [1.54, 1.807) is 0 Å². The highest BCUT2D eigenvalue weighted by atomic mass is 16.2. The van der Waals surface area contributed by atoms with Crippen LogP contribution in [-0.4, -0.2) is 28.9 Å². The fourth-order valence-corrected chi connectivity index (χ4v) is 4.58. The first-order chi connectivity index (χ1) is 8.82. The molecule has 1 N–H and O–H groups in total. The van der Waals surface area contributed by atoms with Crippen LogP contribution in [0.15, 0.2) is 23.9 Å². The Morgan fingerprint density at radius 2 is 2.28 bits per heavy atom. The van der Waals surface area contributed by atoms with Crippen molar-refractivity contribution < 1.29 is 4.79 Å². The maximum Gasteiger partial charge on any atom is 0.245 e.